The first-order valence-corrected chi connectivity index (χ1v) is 7.09. The topological polar surface area (TPSA) is 29.1 Å². The van der Waals surface area contributed by atoms with Gasteiger partial charge in [-0.3, -0.25) is 4.79 Å². The van der Waals surface area contributed by atoms with Crippen LogP contribution in [0.5, 0.6) is 0 Å². The molecule has 0 bridgehead atoms. The van der Waals surface area contributed by atoms with E-state index >= 15 is 0 Å². The highest BCUT2D eigenvalue weighted by molar-refractivity contribution is 9.09. The van der Waals surface area contributed by atoms with Gasteiger partial charge in [-0.05, 0) is 24.2 Å². The van der Waals surface area contributed by atoms with Crippen LogP contribution in [0.2, 0.25) is 0 Å². The van der Waals surface area contributed by atoms with E-state index in [0.717, 1.165) is 19.4 Å². The molecule has 0 aromatic heterocycles. The molecule has 0 fully saturated rings. The number of hydrogen-bond donors (Lipinski definition) is 1. The molecule has 2 unspecified atom stereocenters. The smallest absolute Gasteiger partial charge is 0.220 e. The summed E-state index contributed by atoms with van der Waals surface area (Å²) < 4.78 is 0. The molecule has 1 N–H and O–H groups in total. The second-order valence-corrected chi connectivity index (χ2v) is 6.91. The van der Waals surface area contributed by atoms with E-state index in [4.69, 9.17) is 0 Å². The van der Waals surface area contributed by atoms with Gasteiger partial charge in [-0.2, -0.15) is 0 Å². The van der Waals surface area contributed by atoms with E-state index in [-0.39, 0.29) is 11.3 Å². The molecule has 0 saturated carbocycles. The molecule has 2 atom stereocenters. The van der Waals surface area contributed by atoms with E-state index in [1.165, 1.54) is 0 Å². The van der Waals surface area contributed by atoms with Crippen molar-refractivity contribution in [1.82, 2.24) is 5.32 Å². The number of nitrogens with one attached hydrogen (secondary N) is 1. The molecule has 2 nitrogen and oxygen atoms in total. The molecular formula is C13H26BrNO. The van der Waals surface area contributed by atoms with Gasteiger partial charge < -0.3 is 5.32 Å². The van der Waals surface area contributed by atoms with Crippen LogP contribution in [-0.2, 0) is 4.79 Å². The standard InChI is InChI=1S/C13H26BrNO/c1-6-11(14)7-8-15-12(16)9-10(2)13(3,4)5/h10-11H,6-9H2,1-5H3,(H,15,16). The maximum Gasteiger partial charge on any atom is 0.220 e. The van der Waals surface area contributed by atoms with Crippen molar-refractivity contribution < 1.29 is 4.79 Å². The second kappa shape index (κ2) is 7.31. The highest BCUT2D eigenvalue weighted by atomic mass is 79.9. The fourth-order valence-electron chi connectivity index (χ4n) is 1.23. The average molecular weight is 292 g/mol. The third-order valence-electron chi connectivity index (χ3n) is 3.19. The van der Waals surface area contributed by atoms with Crippen LogP contribution in [0.1, 0.15) is 53.9 Å². The Morgan fingerprint density at radius 3 is 2.38 bits per heavy atom. The molecule has 16 heavy (non-hydrogen) atoms. The van der Waals surface area contributed by atoms with Crippen molar-refractivity contribution >= 4 is 21.8 Å². The Morgan fingerprint density at radius 2 is 1.94 bits per heavy atom. The third-order valence-corrected chi connectivity index (χ3v) is 4.30. The maximum absolute atomic E-state index is 11.6. The molecule has 1 amide bonds. The fourth-order valence-corrected chi connectivity index (χ4v) is 1.46. The van der Waals surface area contributed by atoms with Crippen molar-refractivity contribution in [2.75, 3.05) is 6.54 Å². The summed E-state index contributed by atoms with van der Waals surface area (Å²) >= 11 is 3.56. The lowest BCUT2D eigenvalue weighted by Gasteiger charge is -2.26. The Balaban J connectivity index is 3.75. The van der Waals surface area contributed by atoms with E-state index in [1.54, 1.807) is 0 Å². The fraction of sp³-hybridized carbons (Fsp3) is 0.923. The largest absolute Gasteiger partial charge is 0.356 e. The van der Waals surface area contributed by atoms with Crippen LogP contribution < -0.4 is 5.32 Å². The molecule has 0 radical (unpaired) electrons. The molecule has 96 valence electrons. The monoisotopic (exact) mass is 291 g/mol. The molecule has 0 aromatic rings. The lowest BCUT2D eigenvalue weighted by molar-refractivity contribution is -0.122. The van der Waals surface area contributed by atoms with Gasteiger partial charge in [0.1, 0.15) is 0 Å². The quantitative estimate of drug-likeness (QED) is 0.742. The van der Waals surface area contributed by atoms with E-state index in [2.05, 4.69) is 55.9 Å². The van der Waals surface area contributed by atoms with Crippen molar-refractivity contribution in [3.8, 4) is 0 Å². The van der Waals surface area contributed by atoms with Crippen molar-refractivity contribution in [3.63, 3.8) is 0 Å². The number of carbonyl (C=O) groups excluding carboxylic acids is 1. The maximum atomic E-state index is 11.6. The third kappa shape index (κ3) is 7.26. The van der Waals surface area contributed by atoms with Gasteiger partial charge in [0.05, 0.1) is 0 Å². The van der Waals surface area contributed by atoms with Crippen molar-refractivity contribution in [2.24, 2.45) is 11.3 Å². The molecular weight excluding hydrogens is 266 g/mol. The zero-order valence-corrected chi connectivity index (χ0v) is 12.9. The highest BCUT2D eigenvalue weighted by Gasteiger charge is 2.22. The van der Waals surface area contributed by atoms with Gasteiger partial charge in [-0.25, -0.2) is 0 Å². The van der Waals surface area contributed by atoms with Gasteiger partial charge >= 0.3 is 0 Å². The normalized spacial score (nSPS) is 15.6. The van der Waals surface area contributed by atoms with Crippen molar-refractivity contribution in [1.29, 1.82) is 0 Å². The van der Waals surface area contributed by atoms with Crippen LogP contribution in [0.25, 0.3) is 0 Å². The molecule has 3 heteroatoms. The zero-order valence-electron chi connectivity index (χ0n) is 11.3. The predicted molar refractivity (Wildman–Crippen MR) is 73.9 cm³/mol. The summed E-state index contributed by atoms with van der Waals surface area (Å²) in [7, 11) is 0. The van der Waals surface area contributed by atoms with Crippen LogP contribution in [0, 0.1) is 11.3 Å². The molecule has 0 heterocycles. The lowest BCUT2D eigenvalue weighted by Crippen LogP contribution is -2.30. The van der Waals surface area contributed by atoms with Crippen molar-refractivity contribution in [2.45, 2.75) is 58.7 Å². The van der Waals surface area contributed by atoms with Gasteiger partial charge in [-0.1, -0.05) is 50.5 Å². The molecule has 0 rings (SSSR count). The summed E-state index contributed by atoms with van der Waals surface area (Å²) in [5, 5.41) is 2.98. The minimum Gasteiger partial charge on any atom is -0.356 e. The second-order valence-electron chi connectivity index (χ2n) is 5.62. The Labute approximate surface area is 109 Å². The van der Waals surface area contributed by atoms with Gasteiger partial charge in [-0.15, -0.1) is 0 Å². The van der Waals surface area contributed by atoms with Crippen LogP contribution in [0.4, 0.5) is 0 Å². The van der Waals surface area contributed by atoms with Gasteiger partial charge in [0, 0.05) is 17.8 Å². The first-order chi connectivity index (χ1) is 7.27. The average Bonchev–Trinajstić information content (AvgIpc) is 2.15. The SMILES string of the molecule is CCC(Br)CCNC(=O)CC(C)C(C)(C)C. The molecule has 0 saturated heterocycles. The van der Waals surface area contributed by atoms with Crippen LogP contribution in [0.15, 0.2) is 0 Å². The summed E-state index contributed by atoms with van der Waals surface area (Å²) in [6.45, 7) is 11.6. The number of halogens is 1. The van der Waals surface area contributed by atoms with E-state index in [0.29, 0.717) is 17.2 Å². The lowest BCUT2D eigenvalue weighted by atomic mass is 9.80. The number of carbonyl (C=O) groups is 1. The molecule has 0 aliphatic heterocycles. The highest BCUT2D eigenvalue weighted by Crippen LogP contribution is 2.27. The summed E-state index contributed by atoms with van der Waals surface area (Å²) in [6, 6.07) is 0. The summed E-state index contributed by atoms with van der Waals surface area (Å²) in [5.74, 6) is 0.594. The Kier molecular flexibility index (Phi) is 7.29. The summed E-state index contributed by atoms with van der Waals surface area (Å²) in [5.41, 5.74) is 0.207. The van der Waals surface area contributed by atoms with Crippen LogP contribution in [0.3, 0.4) is 0 Å². The van der Waals surface area contributed by atoms with E-state index in [1.807, 2.05) is 0 Å². The van der Waals surface area contributed by atoms with Crippen LogP contribution in [-0.4, -0.2) is 17.3 Å². The number of rotatable bonds is 6. The molecule has 0 spiro atoms. The summed E-state index contributed by atoms with van der Waals surface area (Å²) in [4.78, 5) is 12.2. The number of alkyl halides is 1. The summed E-state index contributed by atoms with van der Waals surface area (Å²) in [6.07, 6.45) is 2.74. The van der Waals surface area contributed by atoms with Gasteiger partial charge in [0.25, 0.3) is 0 Å². The zero-order chi connectivity index (χ0) is 12.8. The predicted octanol–water partition coefficient (Wildman–Crippen LogP) is 3.74. The van der Waals surface area contributed by atoms with Gasteiger partial charge in [0.15, 0.2) is 0 Å². The van der Waals surface area contributed by atoms with E-state index < -0.39 is 0 Å². The van der Waals surface area contributed by atoms with E-state index in [9.17, 15) is 4.79 Å². The van der Waals surface area contributed by atoms with Crippen molar-refractivity contribution in [3.05, 3.63) is 0 Å². The molecule has 0 aliphatic carbocycles. The molecule has 0 aliphatic rings. The number of amides is 1. The Morgan fingerprint density at radius 1 is 1.38 bits per heavy atom. The first kappa shape index (κ1) is 16.0. The van der Waals surface area contributed by atoms with Gasteiger partial charge in [0.2, 0.25) is 5.91 Å². The molecule has 0 aromatic carbocycles. The Bertz CT molecular complexity index is 210. The minimum atomic E-state index is 0.179. The minimum absolute atomic E-state index is 0.179. The number of hydrogen-bond acceptors (Lipinski definition) is 1. The Hall–Kier alpha value is -0.0500. The van der Waals surface area contributed by atoms with Crippen LogP contribution >= 0.6 is 15.9 Å². The first-order valence-electron chi connectivity index (χ1n) is 6.18.